The zero-order chi connectivity index (χ0) is 10.4. The fourth-order valence-corrected chi connectivity index (χ4v) is 3.52. The van der Waals surface area contributed by atoms with E-state index in [9.17, 15) is 5.11 Å². The highest BCUT2D eigenvalue weighted by Gasteiger charge is 2.07. The van der Waals surface area contributed by atoms with Crippen LogP contribution in [0.15, 0.2) is 15.9 Å². The Labute approximate surface area is 102 Å². The zero-order valence-electron chi connectivity index (χ0n) is 8.20. The molecule has 0 aliphatic carbocycles. The molecule has 0 spiro atoms. The molecule has 0 aliphatic rings. The lowest BCUT2D eigenvalue weighted by Gasteiger charge is -2.07. The molecule has 0 radical (unpaired) electrons. The zero-order valence-corrected chi connectivity index (χ0v) is 11.4. The van der Waals surface area contributed by atoms with Gasteiger partial charge in [0, 0.05) is 17.1 Å². The largest absolute Gasteiger partial charge is 0.392 e. The van der Waals surface area contributed by atoms with E-state index >= 15 is 0 Å². The summed E-state index contributed by atoms with van der Waals surface area (Å²) in [6.45, 7) is 2.16. The molecule has 0 saturated heterocycles. The Kier molecular flexibility index (Phi) is 6.17. The lowest BCUT2D eigenvalue weighted by molar-refractivity contribution is 0.201. The first kappa shape index (κ1) is 12.6. The third-order valence-corrected chi connectivity index (χ3v) is 4.69. The molecule has 0 aromatic carbocycles. The van der Waals surface area contributed by atoms with Crippen LogP contribution >= 0.6 is 39.0 Å². The second-order valence-corrected chi connectivity index (χ2v) is 6.84. The molecule has 0 aliphatic heterocycles. The van der Waals surface area contributed by atoms with Crippen LogP contribution in [0.1, 0.15) is 18.2 Å². The molecule has 1 aromatic heterocycles. The highest BCUT2D eigenvalue weighted by molar-refractivity contribution is 9.11. The molecule has 14 heavy (non-hydrogen) atoms. The number of rotatable bonds is 6. The first-order valence-corrected chi connectivity index (χ1v) is 7.48. The Hall–Kier alpha value is 0.490. The molecule has 0 saturated carbocycles. The van der Waals surface area contributed by atoms with E-state index in [-0.39, 0.29) is 6.10 Å². The molecule has 1 nitrogen and oxygen atoms in total. The van der Waals surface area contributed by atoms with Crippen LogP contribution in [0.3, 0.4) is 0 Å². The van der Waals surface area contributed by atoms with Crippen LogP contribution in [0, 0.1) is 0 Å². The van der Waals surface area contributed by atoms with Crippen molar-refractivity contribution in [3.05, 3.63) is 20.8 Å². The van der Waals surface area contributed by atoms with Crippen molar-refractivity contribution in [3.63, 3.8) is 0 Å². The van der Waals surface area contributed by atoms with E-state index < -0.39 is 0 Å². The predicted molar refractivity (Wildman–Crippen MR) is 69.3 cm³/mol. The topological polar surface area (TPSA) is 20.2 Å². The predicted octanol–water partition coefficient (Wildman–Crippen LogP) is 3.56. The van der Waals surface area contributed by atoms with Crippen molar-refractivity contribution in [1.82, 2.24) is 0 Å². The van der Waals surface area contributed by atoms with Crippen LogP contribution in [0.4, 0.5) is 0 Å². The summed E-state index contributed by atoms with van der Waals surface area (Å²) in [7, 11) is 0. The van der Waals surface area contributed by atoms with Gasteiger partial charge in [-0.15, -0.1) is 11.3 Å². The molecule has 1 unspecified atom stereocenters. The van der Waals surface area contributed by atoms with Crippen molar-refractivity contribution in [2.45, 2.75) is 25.9 Å². The summed E-state index contributed by atoms with van der Waals surface area (Å²) < 4.78 is 1.14. The van der Waals surface area contributed by atoms with E-state index in [0.29, 0.717) is 0 Å². The molecule has 0 fully saturated rings. The van der Waals surface area contributed by atoms with Crippen LogP contribution in [0.5, 0.6) is 0 Å². The van der Waals surface area contributed by atoms with Crippen LogP contribution in [0.2, 0.25) is 0 Å². The minimum atomic E-state index is -0.197. The van der Waals surface area contributed by atoms with Crippen molar-refractivity contribution in [3.8, 4) is 0 Å². The summed E-state index contributed by atoms with van der Waals surface area (Å²) in [6.07, 6.45) is 1.77. The molecule has 1 atom stereocenters. The second kappa shape index (κ2) is 6.88. The third kappa shape index (κ3) is 4.82. The summed E-state index contributed by atoms with van der Waals surface area (Å²) in [5.74, 6) is 1.99. The molecular formula is C10H15BrOS2. The van der Waals surface area contributed by atoms with Crippen LogP contribution < -0.4 is 0 Å². The van der Waals surface area contributed by atoms with Crippen LogP contribution in [-0.2, 0) is 6.42 Å². The van der Waals surface area contributed by atoms with Gasteiger partial charge in [0.1, 0.15) is 0 Å². The minimum Gasteiger partial charge on any atom is -0.392 e. The maximum absolute atomic E-state index is 9.71. The third-order valence-electron chi connectivity index (χ3n) is 1.72. The number of aliphatic hydroxyl groups is 1. The van der Waals surface area contributed by atoms with Gasteiger partial charge in [-0.3, -0.25) is 0 Å². The highest BCUT2D eigenvalue weighted by Crippen LogP contribution is 2.23. The molecule has 0 bridgehead atoms. The van der Waals surface area contributed by atoms with E-state index in [4.69, 9.17) is 0 Å². The first-order valence-electron chi connectivity index (χ1n) is 4.72. The average Bonchev–Trinajstić information content (AvgIpc) is 2.52. The summed E-state index contributed by atoms with van der Waals surface area (Å²) in [5, 5.41) is 9.71. The number of hydrogen-bond acceptors (Lipinski definition) is 3. The van der Waals surface area contributed by atoms with Gasteiger partial charge in [0.25, 0.3) is 0 Å². The number of thiophene rings is 1. The second-order valence-electron chi connectivity index (χ2n) is 3.14. The number of halogens is 1. The SMILES string of the molecule is CCCSCC(O)Cc1ccc(Br)s1. The Bertz CT molecular complexity index is 262. The molecule has 1 N–H and O–H groups in total. The van der Waals surface area contributed by atoms with Gasteiger partial charge in [0.2, 0.25) is 0 Å². The van der Waals surface area contributed by atoms with Gasteiger partial charge in [-0.25, -0.2) is 0 Å². The summed E-state index contributed by atoms with van der Waals surface area (Å²) in [5.41, 5.74) is 0. The van der Waals surface area contributed by atoms with Crippen molar-refractivity contribution in [2.75, 3.05) is 11.5 Å². The molecule has 4 heteroatoms. The van der Waals surface area contributed by atoms with Gasteiger partial charge in [-0.2, -0.15) is 11.8 Å². The van der Waals surface area contributed by atoms with Gasteiger partial charge in [0.05, 0.1) is 9.89 Å². The van der Waals surface area contributed by atoms with E-state index in [1.807, 2.05) is 17.8 Å². The first-order chi connectivity index (χ1) is 6.72. The van der Waals surface area contributed by atoms with Crippen molar-refractivity contribution in [2.24, 2.45) is 0 Å². The molecule has 80 valence electrons. The lowest BCUT2D eigenvalue weighted by atomic mass is 10.2. The average molecular weight is 295 g/mol. The van der Waals surface area contributed by atoms with Gasteiger partial charge in [-0.05, 0) is 40.2 Å². The highest BCUT2D eigenvalue weighted by atomic mass is 79.9. The molecule has 0 amide bonds. The summed E-state index contributed by atoms with van der Waals surface area (Å²) in [6, 6.07) is 4.11. The number of thioether (sulfide) groups is 1. The van der Waals surface area contributed by atoms with Crippen LogP contribution in [-0.4, -0.2) is 22.7 Å². The molecular weight excluding hydrogens is 280 g/mol. The number of hydrogen-bond donors (Lipinski definition) is 1. The maximum atomic E-state index is 9.71. The van der Waals surface area contributed by atoms with Gasteiger partial charge >= 0.3 is 0 Å². The quantitative estimate of drug-likeness (QED) is 0.810. The Balaban J connectivity index is 2.23. The normalized spacial score (nSPS) is 13.1. The van der Waals surface area contributed by atoms with Gasteiger partial charge in [-0.1, -0.05) is 6.92 Å². The van der Waals surface area contributed by atoms with Crippen LogP contribution in [0.25, 0.3) is 0 Å². The summed E-state index contributed by atoms with van der Waals surface area (Å²) in [4.78, 5) is 1.25. The van der Waals surface area contributed by atoms with E-state index in [1.54, 1.807) is 11.3 Å². The summed E-state index contributed by atoms with van der Waals surface area (Å²) >= 11 is 6.95. The van der Waals surface area contributed by atoms with E-state index in [0.717, 1.165) is 21.7 Å². The minimum absolute atomic E-state index is 0.197. The molecule has 1 aromatic rings. The fraction of sp³-hybridized carbons (Fsp3) is 0.600. The monoisotopic (exact) mass is 294 g/mol. The Morgan fingerprint density at radius 2 is 2.36 bits per heavy atom. The maximum Gasteiger partial charge on any atom is 0.0701 e. The van der Waals surface area contributed by atoms with Crippen molar-refractivity contribution in [1.29, 1.82) is 0 Å². The molecule has 1 rings (SSSR count). The standard InChI is InChI=1S/C10H15BrOS2/c1-2-5-13-7-8(12)6-9-3-4-10(11)14-9/h3-4,8,12H,2,5-7H2,1H3. The van der Waals surface area contributed by atoms with Crippen molar-refractivity contribution >= 4 is 39.0 Å². The van der Waals surface area contributed by atoms with Gasteiger partial charge < -0.3 is 5.11 Å². The van der Waals surface area contributed by atoms with Crippen molar-refractivity contribution < 1.29 is 5.11 Å². The molecule has 1 heterocycles. The Morgan fingerprint density at radius 3 is 2.93 bits per heavy atom. The fourth-order valence-electron chi connectivity index (χ4n) is 1.12. The van der Waals surface area contributed by atoms with E-state index in [2.05, 4.69) is 28.9 Å². The lowest BCUT2D eigenvalue weighted by Crippen LogP contribution is -2.12. The Morgan fingerprint density at radius 1 is 1.57 bits per heavy atom. The van der Waals surface area contributed by atoms with Gasteiger partial charge in [0.15, 0.2) is 0 Å². The smallest absolute Gasteiger partial charge is 0.0701 e. The number of aliphatic hydroxyl groups excluding tert-OH is 1. The van der Waals surface area contributed by atoms with E-state index in [1.165, 1.54) is 11.3 Å².